The summed E-state index contributed by atoms with van der Waals surface area (Å²) in [6, 6.07) is 8.53. The van der Waals surface area contributed by atoms with Crippen molar-refractivity contribution >= 4 is 18.0 Å². The summed E-state index contributed by atoms with van der Waals surface area (Å²) in [5.41, 5.74) is 0.491. The fraction of sp³-hybridized carbons (Fsp3) is 0.100. The Labute approximate surface area is 81.0 Å². The third-order valence-corrected chi connectivity index (χ3v) is 1.56. The van der Waals surface area contributed by atoms with Gasteiger partial charge in [0.25, 0.3) is 0 Å². The highest BCUT2D eigenvalue weighted by Gasteiger charge is 2.06. The number of carbonyl (C=O) groups excluding carboxylic acids is 2. The van der Waals surface area contributed by atoms with Gasteiger partial charge in [-0.25, -0.2) is 4.79 Å². The predicted octanol–water partition coefficient (Wildman–Crippen LogP) is 1.06. The van der Waals surface area contributed by atoms with Crippen LogP contribution in [0.3, 0.4) is 0 Å². The lowest BCUT2D eigenvalue weighted by Crippen LogP contribution is -2.14. The van der Waals surface area contributed by atoms with Crippen molar-refractivity contribution in [1.82, 2.24) is 0 Å². The smallest absolute Gasteiger partial charge is 0.349 e. The first kappa shape index (κ1) is 10.1. The Morgan fingerprint density at radius 3 is 2.50 bits per heavy atom. The lowest BCUT2D eigenvalue weighted by atomic mass is 10.1. The van der Waals surface area contributed by atoms with Gasteiger partial charge in [-0.2, -0.15) is 0 Å². The summed E-state index contributed by atoms with van der Waals surface area (Å²) in [6.45, 7) is -0.321. The van der Waals surface area contributed by atoms with E-state index in [1.54, 1.807) is 30.3 Å². The van der Waals surface area contributed by atoms with Gasteiger partial charge in [-0.3, -0.25) is 4.79 Å². The minimum absolute atomic E-state index is 0.277. The molecule has 0 saturated carbocycles. The lowest BCUT2D eigenvalue weighted by Gasteiger charge is -2.00. The molecule has 72 valence electrons. The van der Waals surface area contributed by atoms with Crippen LogP contribution in [-0.2, 0) is 9.53 Å². The zero-order chi connectivity index (χ0) is 10.4. The molecule has 1 aromatic rings. The molecular weight excluding hydrogens is 182 g/mol. The highest BCUT2D eigenvalue weighted by molar-refractivity contribution is 6.22. The Morgan fingerprint density at radius 1 is 1.29 bits per heavy atom. The highest BCUT2D eigenvalue weighted by Crippen LogP contribution is 1.99. The van der Waals surface area contributed by atoms with Crippen LogP contribution in [-0.4, -0.2) is 24.6 Å². The first-order valence-electron chi connectivity index (χ1n) is 3.99. The van der Waals surface area contributed by atoms with Crippen LogP contribution in [0, 0.1) is 5.41 Å². The van der Waals surface area contributed by atoms with Crippen LogP contribution in [0.4, 0.5) is 0 Å². The van der Waals surface area contributed by atoms with Gasteiger partial charge in [0.1, 0.15) is 6.21 Å². The quantitative estimate of drug-likeness (QED) is 0.439. The predicted molar refractivity (Wildman–Crippen MR) is 50.5 cm³/mol. The maximum absolute atomic E-state index is 11.3. The van der Waals surface area contributed by atoms with Crippen LogP contribution in [0.2, 0.25) is 0 Å². The number of carbonyl (C=O) groups is 2. The maximum Gasteiger partial charge on any atom is 0.349 e. The van der Waals surface area contributed by atoms with Crippen molar-refractivity contribution in [3.8, 4) is 0 Å². The molecule has 0 aliphatic rings. The molecule has 0 fully saturated rings. The van der Waals surface area contributed by atoms with Gasteiger partial charge in [0.15, 0.2) is 12.4 Å². The number of benzene rings is 1. The average molecular weight is 191 g/mol. The van der Waals surface area contributed by atoms with Crippen LogP contribution >= 0.6 is 0 Å². The van der Waals surface area contributed by atoms with Crippen LogP contribution in [0.5, 0.6) is 0 Å². The van der Waals surface area contributed by atoms with E-state index in [-0.39, 0.29) is 12.4 Å². The van der Waals surface area contributed by atoms with Gasteiger partial charge in [0.2, 0.25) is 0 Å². The molecule has 4 nitrogen and oxygen atoms in total. The van der Waals surface area contributed by atoms with Gasteiger partial charge < -0.3 is 10.1 Å². The first-order chi connectivity index (χ1) is 6.74. The molecule has 0 aliphatic carbocycles. The molecule has 14 heavy (non-hydrogen) atoms. The Hall–Kier alpha value is -1.97. The largest absolute Gasteiger partial charge is 0.453 e. The van der Waals surface area contributed by atoms with E-state index in [0.717, 1.165) is 0 Å². The van der Waals surface area contributed by atoms with Gasteiger partial charge in [-0.15, -0.1) is 0 Å². The molecule has 0 bridgehead atoms. The normalized spacial score (nSPS) is 9.14. The summed E-state index contributed by atoms with van der Waals surface area (Å²) in [5.74, 6) is -1.09. The van der Waals surface area contributed by atoms with Gasteiger partial charge in [-0.1, -0.05) is 30.3 Å². The molecule has 1 aromatic carbocycles. The van der Waals surface area contributed by atoms with E-state index in [1.165, 1.54) is 0 Å². The summed E-state index contributed by atoms with van der Waals surface area (Å²) >= 11 is 0. The topological polar surface area (TPSA) is 67.2 Å². The first-order valence-corrected chi connectivity index (χ1v) is 3.99. The molecule has 0 saturated heterocycles. The van der Waals surface area contributed by atoms with E-state index in [4.69, 9.17) is 5.41 Å². The number of hydrogen-bond acceptors (Lipinski definition) is 4. The fourth-order valence-corrected chi connectivity index (χ4v) is 0.886. The Kier molecular flexibility index (Phi) is 3.55. The van der Waals surface area contributed by atoms with E-state index in [1.807, 2.05) is 0 Å². The molecular formula is C10H9NO3. The van der Waals surface area contributed by atoms with Crippen molar-refractivity contribution in [3.05, 3.63) is 35.9 Å². The molecule has 1 N–H and O–H groups in total. The van der Waals surface area contributed by atoms with Crippen molar-refractivity contribution in [2.75, 3.05) is 6.61 Å². The third-order valence-electron chi connectivity index (χ3n) is 1.56. The molecule has 4 heteroatoms. The zero-order valence-corrected chi connectivity index (χ0v) is 7.40. The van der Waals surface area contributed by atoms with E-state index >= 15 is 0 Å². The fourth-order valence-electron chi connectivity index (χ4n) is 0.886. The van der Waals surface area contributed by atoms with Crippen molar-refractivity contribution < 1.29 is 14.3 Å². The standard InChI is InChI=1S/C10H9NO3/c11-6-10(13)14-7-9(12)8-4-2-1-3-5-8/h1-6,11H,7H2. The second-order valence-corrected chi connectivity index (χ2v) is 2.54. The Balaban J connectivity index is 2.52. The van der Waals surface area contributed by atoms with Gasteiger partial charge in [0.05, 0.1) is 0 Å². The SMILES string of the molecule is N=CC(=O)OCC(=O)c1ccccc1. The number of ether oxygens (including phenoxy) is 1. The minimum Gasteiger partial charge on any atom is -0.453 e. The van der Waals surface area contributed by atoms with Crippen molar-refractivity contribution in [2.45, 2.75) is 0 Å². The molecule has 1 rings (SSSR count). The second kappa shape index (κ2) is 4.91. The van der Waals surface area contributed by atoms with Crippen LogP contribution < -0.4 is 0 Å². The Morgan fingerprint density at radius 2 is 1.93 bits per heavy atom. The van der Waals surface area contributed by atoms with Crippen LogP contribution in [0.1, 0.15) is 10.4 Å². The van der Waals surface area contributed by atoms with Gasteiger partial charge in [0, 0.05) is 5.56 Å². The molecule has 0 spiro atoms. The number of ketones is 1. The number of esters is 1. The van der Waals surface area contributed by atoms with E-state index in [9.17, 15) is 9.59 Å². The van der Waals surface area contributed by atoms with Gasteiger partial charge in [-0.05, 0) is 0 Å². The minimum atomic E-state index is -0.811. The number of Topliss-reactive ketones (excluding diaryl/α,β-unsaturated/α-hetero) is 1. The molecule has 0 atom stereocenters. The molecule has 0 heterocycles. The summed E-state index contributed by atoms with van der Waals surface area (Å²) in [7, 11) is 0. The lowest BCUT2D eigenvalue weighted by molar-refractivity contribution is -0.134. The highest BCUT2D eigenvalue weighted by atomic mass is 16.5. The number of nitrogens with one attached hydrogen (secondary N) is 1. The molecule has 0 aliphatic heterocycles. The van der Waals surface area contributed by atoms with E-state index < -0.39 is 5.97 Å². The molecule has 0 unspecified atom stereocenters. The van der Waals surface area contributed by atoms with E-state index in [2.05, 4.69) is 4.74 Å². The zero-order valence-electron chi connectivity index (χ0n) is 7.40. The van der Waals surface area contributed by atoms with Gasteiger partial charge >= 0.3 is 5.97 Å². The summed E-state index contributed by atoms with van der Waals surface area (Å²) in [6.07, 6.45) is 0.526. The second-order valence-electron chi connectivity index (χ2n) is 2.54. The molecule has 0 amide bonds. The molecule has 0 aromatic heterocycles. The van der Waals surface area contributed by atoms with Crippen molar-refractivity contribution in [2.24, 2.45) is 0 Å². The number of rotatable bonds is 4. The van der Waals surface area contributed by atoms with Crippen LogP contribution in [0.15, 0.2) is 30.3 Å². The average Bonchev–Trinajstić information content (AvgIpc) is 2.26. The maximum atomic E-state index is 11.3. The third kappa shape index (κ3) is 2.82. The Bertz CT molecular complexity index is 346. The summed E-state index contributed by atoms with van der Waals surface area (Å²) in [5, 5.41) is 6.55. The van der Waals surface area contributed by atoms with Crippen LogP contribution in [0.25, 0.3) is 0 Å². The monoisotopic (exact) mass is 191 g/mol. The van der Waals surface area contributed by atoms with Crippen molar-refractivity contribution in [3.63, 3.8) is 0 Å². The summed E-state index contributed by atoms with van der Waals surface area (Å²) < 4.78 is 4.48. The molecule has 0 radical (unpaired) electrons. The van der Waals surface area contributed by atoms with E-state index in [0.29, 0.717) is 11.8 Å². The number of hydrogen-bond donors (Lipinski definition) is 1. The summed E-state index contributed by atoms with van der Waals surface area (Å²) in [4.78, 5) is 21.8. The van der Waals surface area contributed by atoms with Crippen molar-refractivity contribution in [1.29, 1.82) is 5.41 Å².